The van der Waals surface area contributed by atoms with Crippen LogP contribution >= 0.6 is 0 Å². The van der Waals surface area contributed by atoms with Crippen molar-refractivity contribution in [3.8, 4) is 0 Å². The molecule has 1 fully saturated rings. The summed E-state index contributed by atoms with van der Waals surface area (Å²) in [4.78, 5) is 13.5. The first-order valence-corrected chi connectivity index (χ1v) is 7.36. The molecule has 0 bridgehead atoms. The van der Waals surface area contributed by atoms with E-state index in [0.717, 1.165) is 0 Å². The molecular weight excluding hydrogens is 285 g/mol. The maximum atomic E-state index is 12.7. The van der Waals surface area contributed by atoms with E-state index < -0.39 is 24.2 Å². The highest BCUT2D eigenvalue weighted by Crippen LogP contribution is 2.33. The molecular formula is C14H25F3N2O2. The molecule has 0 spiro atoms. The normalized spacial score (nSPS) is 26.9. The summed E-state index contributed by atoms with van der Waals surface area (Å²) in [6.45, 7) is 1.31. The lowest BCUT2D eigenvalue weighted by atomic mass is 9.78. The summed E-state index contributed by atoms with van der Waals surface area (Å²) in [5.74, 6) is -0.391. The number of esters is 1. The molecule has 1 aliphatic carbocycles. The average Bonchev–Trinajstić information content (AvgIpc) is 2.44. The lowest BCUT2D eigenvalue weighted by molar-refractivity contribution is -0.158. The summed E-state index contributed by atoms with van der Waals surface area (Å²) in [6, 6.07) is -0.258. The molecule has 0 amide bonds. The lowest BCUT2D eigenvalue weighted by Crippen LogP contribution is -2.58. The third-order valence-electron chi connectivity index (χ3n) is 4.19. The first-order valence-electron chi connectivity index (χ1n) is 7.36. The van der Waals surface area contributed by atoms with Gasteiger partial charge in [-0.05, 0) is 45.7 Å². The lowest BCUT2D eigenvalue weighted by Gasteiger charge is -2.43. The van der Waals surface area contributed by atoms with Crippen LogP contribution in [-0.2, 0) is 9.53 Å². The van der Waals surface area contributed by atoms with Crippen molar-refractivity contribution in [2.24, 2.45) is 0 Å². The highest BCUT2D eigenvalue weighted by atomic mass is 19.4. The van der Waals surface area contributed by atoms with Gasteiger partial charge in [0.15, 0.2) is 0 Å². The minimum atomic E-state index is -4.22. The Bertz CT molecular complexity index is 350. The minimum Gasteiger partial charge on any atom is -0.468 e. The van der Waals surface area contributed by atoms with E-state index in [1.54, 1.807) is 7.05 Å². The summed E-state index contributed by atoms with van der Waals surface area (Å²) >= 11 is 0. The van der Waals surface area contributed by atoms with Crippen LogP contribution in [-0.4, -0.2) is 55.9 Å². The molecule has 1 aliphatic rings. The number of likely N-dealkylation sites (N-methyl/N-ethyl adjacent to an activating group) is 1. The van der Waals surface area contributed by atoms with Gasteiger partial charge in [-0.3, -0.25) is 9.69 Å². The molecule has 7 heteroatoms. The van der Waals surface area contributed by atoms with Crippen molar-refractivity contribution < 1.29 is 22.7 Å². The van der Waals surface area contributed by atoms with Crippen LogP contribution in [0.5, 0.6) is 0 Å². The molecule has 2 atom stereocenters. The van der Waals surface area contributed by atoms with Gasteiger partial charge in [0.1, 0.15) is 5.54 Å². The van der Waals surface area contributed by atoms with Gasteiger partial charge < -0.3 is 10.1 Å². The van der Waals surface area contributed by atoms with Gasteiger partial charge in [0.2, 0.25) is 0 Å². The van der Waals surface area contributed by atoms with E-state index in [0.29, 0.717) is 38.6 Å². The number of hydrogen-bond donors (Lipinski definition) is 1. The maximum absolute atomic E-state index is 12.7. The molecule has 2 unspecified atom stereocenters. The number of nitrogens with zero attached hydrogens (tertiary/aromatic N) is 1. The summed E-state index contributed by atoms with van der Waals surface area (Å²) in [5.41, 5.74) is -0.866. The van der Waals surface area contributed by atoms with E-state index >= 15 is 0 Å². The molecule has 124 valence electrons. The van der Waals surface area contributed by atoms with Crippen molar-refractivity contribution in [3.05, 3.63) is 0 Å². The number of alkyl halides is 3. The second-order valence-electron chi connectivity index (χ2n) is 5.66. The number of rotatable bonds is 6. The number of halogens is 3. The fraction of sp³-hybridized carbons (Fsp3) is 0.929. The van der Waals surface area contributed by atoms with Gasteiger partial charge in [0, 0.05) is 6.04 Å². The molecule has 21 heavy (non-hydrogen) atoms. The highest BCUT2D eigenvalue weighted by Gasteiger charge is 2.45. The smallest absolute Gasteiger partial charge is 0.401 e. The van der Waals surface area contributed by atoms with E-state index in [1.807, 2.05) is 6.92 Å². The summed E-state index contributed by atoms with van der Waals surface area (Å²) in [6.07, 6.45) is -1.24. The zero-order valence-electron chi connectivity index (χ0n) is 12.9. The number of methoxy groups -OCH3 is 1. The van der Waals surface area contributed by atoms with Gasteiger partial charge in [-0.1, -0.05) is 6.92 Å². The van der Waals surface area contributed by atoms with Crippen molar-refractivity contribution in [1.29, 1.82) is 0 Å². The Labute approximate surface area is 124 Å². The van der Waals surface area contributed by atoms with E-state index in [2.05, 4.69) is 5.32 Å². The van der Waals surface area contributed by atoms with Crippen molar-refractivity contribution >= 4 is 5.97 Å². The number of carbonyl (C=O) groups excluding carboxylic acids is 1. The third-order valence-corrected chi connectivity index (χ3v) is 4.19. The van der Waals surface area contributed by atoms with Gasteiger partial charge in [0.25, 0.3) is 0 Å². The summed E-state index contributed by atoms with van der Waals surface area (Å²) in [5, 5.41) is 2.98. The summed E-state index contributed by atoms with van der Waals surface area (Å²) < 4.78 is 43.0. The van der Waals surface area contributed by atoms with Gasteiger partial charge in [-0.25, -0.2) is 0 Å². The Morgan fingerprint density at radius 3 is 2.62 bits per heavy atom. The van der Waals surface area contributed by atoms with Crippen molar-refractivity contribution in [2.75, 3.05) is 27.2 Å². The molecule has 0 aromatic rings. The average molecular weight is 310 g/mol. The Morgan fingerprint density at radius 1 is 1.48 bits per heavy atom. The van der Waals surface area contributed by atoms with Crippen LogP contribution in [0.3, 0.4) is 0 Å². The van der Waals surface area contributed by atoms with Crippen LogP contribution in [0.25, 0.3) is 0 Å². The Kier molecular flexibility index (Phi) is 6.46. The van der Waals surface area contributed by atoms with Crippen molar-refractivity contribution in [1.82, 2.24) is 10.2 Å². The molecule has 0 saturated heterocycles. The molecule has 0 aromatic carbocycles. The predicted molar refractivity (Wildman–Crippen MR) is 74.0 cm³/mol. The van der Waals surface area contributed by atoms with Crippen LogP contribution in [0.4, 0.5) is 13.2 Å². The molecule has 1 rings (SSSR count). The number of hydrogen-bond acceptors (Lipinski definition) is 4. The fourth-order valence-electron chi connectivity index (χ4n) is 3.18. The van der Waals surface area contributed by atoms with Crippen LogP contribution in [0.1, 0.15) is 39.0 Å². The van der Waals surface area contributed by atoms with Gasteiger partial charge in [-0.15, -0.1) is 0 Å². The van der Waals surface area contributed by atoms with Crippen LogP contribution < -0.4 is 5.32 Å². The SMILES string of the molecule is CCCN(CC(F)(F)F)C1CCCC(NC)(C(=O)OC)C1. The molecule has 0 radical (unpaired) electrons. The van der Waals surface area contributed by atoms with Crippen LogP contribution in [0.2, 0.25) is 0 Å². The quantitative estimate of drug-likeness (QED) is 0.765. The van der Waals surface area contributed by atoms with E-state index in [1.165, 1.54) is 12.0 Å². The largest absolute Gasteiger partial charge is 0.468 e. The zero-order valence-corrected chi connectivity index (χ0v) is 12.9. The van der Waals surface area contributed by atoms with Crippen molar-refractivity contribution in [3.63, 3.8) is 0 Å². The molecule has 0 aliphatic heterocycles. The van der Waals surface area contributed by atoms with E-state index in [4.69, 9.17) is 4.74 Å². The number of carbonyl (C=O) groups is 1. The van der Waals surface area contributed by atoms with Crippen molar-refractivity contribution in [2.45, 2.75) is 56.8 Å². The molecule has 4 nitrogen and oxygen atoms in total. The third kappa shape index (κ3) is 4.85. The number of ether oxygens (including phenoxy) is 1. The Balaban J connectivity index is 2.86. The number of nitrogens with one attached hydrogen (secondary N) is 1. The second-order valence-corrected chi connectivity index (χ2v) is 5.66. The van der Waals surface area contributed by atoms with Gasteiger partial charge in [0.05, 0.1) is 13.7 Å². The molecule has 1 N–H and O–H groups in total. The maximum Gasteiger partial charge on any atom is 0.401 e. The molecule has 0 aromatic heterocycles. The van der Waals surface area contributed by atoms with Gasteiger partial charge in [-0.2, -0.15) is 13.2 Å². The standard InChI is InChI=1S/C14H25F3N2O2/c1-4-8-19(10-14(15,16)17)11-6-5-7-13(9-11,18-2)12(20)21-3/h11,18H,4-10H2,1-3H3. The van der Waals surface area contributed by atoms with Crippen LogP contribution in [0.15, 0.2) is 0 Å². The van der Waals surface area contributed by atoms with E-state index in [-0.39, 0.29) is 6.04 Å². The molecule has 1 saturated carbocycles. The highest BCUT2D eigenvalue weighted by molar-refractivity contribution is 5.81. The monoisotopic (exact) mass is 310 g/mol. The summed E-state index contributed by atoms with van der Waals surface area (Å²) in [7, 11) is 2.97. The van der Waals surface area contributed by atoms with Crippen LogP contribution in [0, 0.1) is 0 Å². The van der Waals surface area contributed by atoms with Gasteiger partial charge >= 0.3 is 12.1 Å². The second kappa shape index (κ2) is 7.45. The first-order chi connectivity index (χ1) is 9.78. The first kappa shape index (κ1) is 18.2. The Hall–Kier alpha value is -0.820. The Morgan fingerprint density at radius 2 is 2.14 bits per heavy atom. The predicted octanol–water partition coefficient (Wildman–Crippen LogP) is 2.33. The minimum absolute atomic E-state index is 0.258. The fourth-order valence-corrected chi connectivity index (χ4v) is 3.18. The zero-order chi connectivity index (χ0) is 16.1. The topological polar surface area (TPSA) is 41.6 Å². The van der Waals surface area contributed by atoms with E-state index in [9.17, 15) is 18.0 Å². The molecule has 0 heterocycles.